The molecule has 0 amide bonds. The molecule has 0 aliphatic heterocycles. The Hall–Kier alpha value is -1.92. The third-order valence-electron chi connectivity index (χ3n) is 4.28. The Morgan fingerprint density at radius 1 is 1.28 bits per heavy atom. The number of fused-ring (bicyclic) bond motifs is 1. The molecule has 0 saturated carbocycles. The van der Waals surface area contributed by atoms with Gasteiger partial charge in [-0.25, -0.2) is 4.98 Å². The monoisotopic (exact) mass is 372 g/mol. The molecule has 3 aromatic rings. The van der Waals surface area contributed by atoms with Crippen molar-refractivity contribution in [1.29, 1.82) is 0 Å². The van der Waals surface area contributed by atoms with E-state index in [-0.39, 0.29) is 16.6 Å². The van der Waals surface area contributed by atoms with E-state index in [2.05, 4.69) is 0 Å². The molecular weight excluding hydrogens is 352 g/mol. The summed E-state index contributed by atoms with van der Waals surface area (Å²) in [6, 6.07) is 9.23. The molecule has 0 spiro atoms. The minimum Gasteiger partial charge on any atom is -0.293 e. The highest BCUT2D eigenvalue weighted by molar-refractivity contribution is 8.00. The van der Waals surface area contributed by atoms with E-state index in [1.165, 1.54) is 23.1 Å². The SMILES string of the molecule is CCn1c(SC(C)C(=O)c2ccccc2)nc2sc(C)c(C)c2c1=O. The molecule has 0 saturated heterocycles. The lowest BCUT2D eigenvalue weighted by atomic mass is 10.1. The number of rotatable bonds is 5. The maximum atomic E-state index is 12.9. The standard InChI is InChI=1S/C19H20N2O2S2/c1-5-21-18(23)15-11(2)12(3)24-17(15)20-19(21)25-13(4)16(22)14-9-7-6-8-10-14/h6-10,13H,5H2,1-4H3. The van der Waals surface area contributed by atoms with Crippen LogP contribution in [0.3, 0.4) is 0 Å². The molecule has 0 bridgehead atoms. The number of aromatic nitrogens is 2. The topological polar surface area (TPSA) is 52.0 Å². The molecule has 3 rings (SSSR count). The van der Waals surface area contributed by atoms with Gasteiger partial charge in [0.25, 0.3) is 5.56 Å². The number of benzene rings is 1. The van der Waals surface area contributed by atoms with Gasteiger partial charge in [0.05, 0.1) is 10.6 Å². The molecule has 0 aliphatic carbocycles. The van der Waals surface area contributed by atoms with Gasteiger partial charge in [-0.3, -0.25) is 14.2 Å². The van der Waals surface area contributed by atoms with Crippen LogP contribution in [0.25, 0.3) is 10.2 Å². The maximum Gasteiger partial charge on any atom is 0.263 e. The van der Waals surface area contributed by atoms with Crippen LogP contribution in [0.5, 0.6) is 0 Å². The van der Waals surface area contributed by atoms with E-state index < -0.39 is 0 Å². The smallest absolute Gasteiger partial charge is 0.263 e. The molecular formula is C19H20N2O2S2. The molecule has 2 heterocycles. The summed E-state index contributed by atoms with van der Waals surface area (Å²) in [7, 11) is 0. The van der Waals surface area contributed by atoms with E-state index in [1.54, 1.807) is 4.57 Å². The predicted molar refractivity (Wildman–Crippen MR) is 105 cm³/mol. The Kier molecular flexibility index (Phi) is 5.11. The van der Waals surface area contributed by atoms with Crippen LogP contribution >= 0.6 is 23.1 Å². The fourth-order valence-corrected chi connectivity index (χ4v) is 4.85. The molecule has 1 aromatic carbocycles. The average molecular weight is 373 g/mol. The zero-order chi connectivity index (χ0) is 18.1. The number of thiophene rings is 1. The molecule has 0 aliphatic rings. The van der Waals surface area contributed by atoms with Crippen LogP contribution in [0, 0.1) is 13.8 Å². The number of Topliss-reactive ketones (excluding diaryl/α,β-unsaturated/α-hetero) is 1. The third kappa shape index (κ3) is 3.28. The highest BCUT2D eigenvalue weighted by atomic mass is 32.2. The predicted octanol–water partition coefficient (Wildman–Crippen LogP) is 4.46. The summed E-state index contributed by atoms with van der Waals surface area (Å²) in [5.41, 5.74) is 1.66. The molecule has 1 atom stereocenters. The van der Waals surface area contributed by atoms with Crippen LogP contribution in [0.2, 0.25) is 0 Å². The maximum absolute atomic E-state index is 12.9. The van der Waals surface area contributed by atoms with Crippen molar-refractivity contribution in [1.82, 2.24) is 9.55 Å². The van der Waals surface area contributed by atoms with E-state index in [4.69, 9.17) is 4.98 Å². The second kappa shape index (κ2) is 7.14. The Labute approximate surface area is 154 Å². The molecule has 2 aromatic heterocycles. The summed E-state index contributed by atoms with van der Waals surface area (Å²) in [5, 5.41) is 1.00. The number of aryl methyl sites for hydroxylation is 2. The van der Waals surface area contributed by atoms with Gasteiger partial charge in [-0.05, 0) is 33.3 Å². The number of carbonyl (C=O) groups excluding carboxylic acids is 1. The van der Waals surface area contributed by atoms with Gasteiger partial charge in [0.15, 0.2) is 10.9 Å². The van der Waals surface area contributed by atoms with Gasteiger partial charge >= 0.3 is 0 Å². The zero-order valence-electron chi connectivity index (χ0n) is 14.7. The van der Waals surface area contributed by atoms with Gasteiger partial charge in [-0.15, -0.1) is 11.3 Å². The summed E-state index contributed by atoms with van der Waals surface area (Å²) >= 11 is 2.89. The zero-order valence-corrected chi connectivity index (χ0v) is 16.3. The van der Waals surface area contributed by atoms with Crippen LogP contribution in [0.1, 0.15) is 34.6 Å². The Morgan fingerprint density at radius 3 is 2.60 bits per heavy atom. The highest BCUT2D eigenvalue weighted by Gasteiger charge is 2.21. The molecule has 130 valence electrons. The van der Waals surface area contributed by atoms with E-state index >= 15 is 0 Å². The largest absolute Gasteiger partial charge is 0.293 e. The van der Waals surface area contributed by atoms with Gasteiger partial charge < -0.3 is 0 Å². The van der Waals surface area contributed by atoms with Gasteiger partial charge in [0.1, 0.15) is 4.83 Å². The van der Waals surface area contributed by atoms with E-state index in [9.17, 15) is 9.59 Å². The summed E-state index contributed by atoms with van der Waals surface area (Å²) in [6.07, 6.45) is 0. The van der Waals surface area contributed by atoms with Crippen molar-refractivity contribution < 1.29 is 4.79 Å². The molecule has 0 radical (unpaired) electrons. The van der Waals surface area contributed by atoms with Gasteiger partial charge in [0.2, 0.25) is 0 Å². The normalized spacial score (nSPS) is 12.5. The third-order valence-corrected chi connectivity index (χ3v) is 6.47. The summed E-state index contributed by atoms with van der Waals surface area (Å²) in [5.74, 6) is 0.0427. The van der Waals surface area contributed by atoms with Crippen molar-refractivity contribution in [2.24, 2.45) is 0 Å². The first-order chi connectivity index (χ1) is 11.9. The van der Waals surface area contributed by atoms with Crippen LogP contribution in [0.15, 0.2) is 40.3 Å². The first-order valence-electron chi connectivity index (χ1n) is 8.20. The number of carbonyl (C=O) groups is 1. The summed E-state index contributed by atoms with van der Waals surface area (Å²) in [6.45, 7) is 8.29. The van der Waals surface area contributed by atoms with E-state index in [1.807, 2.05) is 58.0 Å². The number of hydrogen-bond donors (Lipinski definition) is 0. The first kappa shape index (κ1) is 17.9. The fraction of sp³-hybridized carbons (Fsp3) is 0.316. The van der Waals surface area contributed by atoms with Gasteiger partial charge in [-0.2, -0.15) is 0 Å². The van der Waals surface area contributed by atoms with Crippen LogP contribution in [0.4, 0.5) is 0 Å². The number of ketones is 1. The van der Waals surface area contributed by atoms with Crippen molar-refractivity contribution >= 4 is 39.1 Å². The summed E-state index contributed by atoms with van der Waals surface area (Å²) < 4.78 is 1.67. The Morgan fingerprint density at radius 2 is 1.96 bits per heavy atom. The molecule has 1 unspecified atom stereocenters. The Bertz CT molecular complexity index is 990. The quantitative estimate of drug-likeness (QED) is 0.377. The number of thioether (sulfide) groups is 1. The van der Waals surface area contributed by atoms with Crippen LogP contribution in [-0.4, -0.2) is 20.6 Å². The number of hydrogen-bond acceptors (Lipinski definition) is 5. The lowest BCUT2D eigenvalue weighted by molar-refractivity contribution is 0.0994. The average Bonchev–Trinajstić information content (AvgIpc) is 2.89. The van der Waals surface area contributed by atoms with E-state index in [0.29, 0.717) is 22.7 Å². The highest BCUT2D eigenvalue weighted by Crippen LogP contribution is 2.30. The van der Waals surface area contributed by atoms with Crippen molar-refractivity contribution in [3.8, 4) is 0 Å². The van der Waals surface area contributed by atoms with Crippen molar-refractivity contribution in [2.75, 3.05) is 0 Å². The molecule has 6 heteroatoms. The van der Waals surface area contributed by atoms with Gasteiger partial charge in [0, 0.05) is 17.0 Å². The molecule has 0 N–H and O–H groups in total. The minimum absolute atomic E-state index is 0.0174. The van der Waals surface area contributed by atoms with Crippen LogP contribution in [-0.2, 0) is 6.54 Å². The second-order valence-electron chi connectivity index (χ2n) is 5.90. The fourth-order valence-electron chi connectivity index (χ4n) is 2.73. The summed E-state index contributed by atoms with van der Waals surface area (Å²) in [4.78, 5) is 32.1. The Balaban J connectivity index is 2.01. The lowest BCUT2D eigenvalue weighted by Crippen LogP contribution is -2.24. The second-order valence-corrected chi connectivity index (χ2v) is 8.41. The molecule has 0 fully saturated rings. The van der Waals surface area contributed by atoms with E-state index in [0.717, 1.165) is 15.3 Å². The minimum atomic E-state index is -0.313. The number of nitrogens with zero attached hydrogens (tertiary/aromatic N) is 2. The molecule has 25 heavy (non-hydrogen) atoms. The van der Waals surface area contributed by atoms with Gasteiger partial charge in [-0.1, -0.05) is 42.1 Å². The van der Waals surface area contributed by atoms with Crippen molar-refractivity contribution in [3.63, 3.8) is 0 Å². The molecule has 4 nitrogen and oxygen atoms in total. The lowest BCUT2D eigenvalue weighted by Gasteiger charge is -2.14. The van der Waals surface area contributed by atoms with Crippen molar-refractivity contribution in [3.05, 3.63) is 56.7 Å². The van der Waals surface area contributed by atoms with Crippen molar-refractivity contribution in [2.45, 2.75) is 44.6 Å². The first-order valence-corrected chi connectivity index (χ1v) is 9.90. The van der Waals surface area contributed by atoms with Crippen LogP contribution < -0.4 is 5.56 Å².